The molecule has 0 amide bonds. The molecule has 2 aliphatic rings. The van der Waals surface area contributed by atoms with Crippen molar-refractivity contribution in [2.45, 2.75) is 12.3 Å². The molecule has 1 N–H and O–H groups in total. The number of rotatable bonds is 0. The second kappa shape index (κ2) is 2.30. The molecule has 0 saturated carbocycles. The number of pyridine rings is 1. The van der Waals surface area contributed by atoms with Crippen molar-refractivity contribution in [2.75, 3.05) is 13.1 Å². The summed E-state index contributed by atoms with van der Waals surface area (Å²) < 4.78 is 0. The van der Waals surface area contributed by atoms with Crippen LogP contribution in [0.4, 0.5) is 0 Å². The minimum absolute atomic E-state index is 0.758. The van der Waals surface area contributed by atoms with E-state index in [1.165, 1.54) is 24.1 Å². The third-order valence-electron chi connectivity index (χ3n) is 3.17. The molecule has 2 nitrogen and oxygen atoms in total. The van der Waals surface area contributed by atoms with E-state index in [0.29, 0.717) is 0 Å². The maximum absolute atomic E-state index is 4.19. The molecule has 1 aromatic heterocycles. The third kappa shape index (κ3) is 0.758. The van der Waals surface area contributed by atoms with E-state index in [2.05, 4.69) is 16.4 Å². The molecule has 0 bridgehead atoms. The first-order chi connectivity index (χ1) is 5.95. The Morgan fingerprint density at radius 3 is 3.42 bits per heavy atom. The standard InChI is InChI=1S/C10H12N2/c1-2-11-5-9-7(1)3-8-4-12-6-10(8)9/h1-2,5,8,10,12H,3-4,6H2/t8-,10-/m0/s1. The SMILES string of the molecule is c1cc2c(cn1)[C@H]1CNC[C@@H]1C2. The molecule has 1 aliphatic heterocycles. The number of nitrogens with zero attached hydrogens (tertiary/aromatic N) is 1. The Kier molecular flexibility index (Phi) is 1.27. The predicted molar refractivity (Wildman–Crippen MR) is 47.0 cm³/mol. The van der Waals surface area contributed by atoms with Crippen molar-refractivity contribution in [3.63, 3.8) is 0 Å². The van der Waals surface area contributed by atoms with Gasteiger partial charge in [0, 0.05) is 24.9 Å². The minimum Gasteiger partial charge on any atom is -0.316 e. The van der Waals surface area contributed by atoms with Crippen molar-refractivity contribution in [1.29, 1.82) is 0 Å². The van der Waals surface area contributed by atoms with Crippen molar-refractivity contribution in [2.24, 2.45) is 5.92 Å². The number of nitrogens with one attached hydrogen (secondary N) is 1. The largest absolute Gasteiger partial charge is 0.316 e. The lowest BCUT2D eigenvalue weighted by Crippen LogP contribution is -2.10. The number of hydrogen-bond donors (Lipinski definition) is 1. The highest BCUT2D eigenvalue weighted by Gasteiger charge is 2.35. The van der Waals surface area contributed by atoms with Crippen molar-refractivity contribution in [3.8, 4) is 0 Å². The van der Waals surface area contributed by atoms with Gasteiger partial charge < -0.3 is 5.32 Å². The number of fused-ring (bicyclic) bond motifs is 3. The minimum atomic E-state index is 0.758. The van der Waals surface area contributed by atoms with Gasteiger partial charge in [0.25, 0.3) is 0 Å². The fourth-order valence-electron chi connectivity index (χ4n) is 2.55. The lowest BCUT2D eigenvalue weighted by Gasteiger charge is -2.06. The van der Waals surface area contributed by atoms with Crippen LogP contribution in [0.15, 0.2) is 18.5 Å². The Labute approximate surface area is 72.0 Å². The van der Waals surface area contributed by atoms with Crippen LogP contribution >= 0.6 is 0 Å². The summed E-state index contributed by atoms with van der Waals surface area (Å²) in [5, 5.41) is 3.44. The molecule has 1 aliphatic carbocycles. The van der Waals surface area contributed by atoms with Crippen molar-refractivity contribution in [3.05, 3.63) is 29.6 Å². The van der Waals surface area contributed by atoms with Crippen LogP contribution in [0.25, 0.3) is 0 Å². The summed E-state index contributed by atoms with van der Waals surface area (Å²) in [5.41, 5.74) is 3.02. The van der Waals surface area contributed by atoms with Gasteiger partial charge in [-0.1, -0.05) is 0 Å². The fraction of sp³-hybridized carbons (Fsp3) is 0.500. The summed E-state index contributed by atoms with van der Waals surface area (Å²) in [7, 11) is 0. The van der Waals surface area contributed by atoms with E-state index in [4.69, 9.17) is 0 Å². The summed E-state index contributed by atoms with van der Waals surface area (Å²) in [6.07, 6.45) is 5.22. The van der Waals surface area contributed by atoms with Crippen LogP contribution in [-0.2, 0) is 6.42 Å². The number of hydrogen-bond acceptors (Lipinski definition) is 2. The summed E-state index contributed by atoms with van der Waals surface area (Å²) in [6, 6.07) is 2.17. The molecule has 2 atom stereocenters. The predicted octanol–water partition coefficient (Wildman–Crippen LogP) is 0.941. The van der Waals surface area contributed by atoms with E-state index >= 15 is 0 Å². The number of aromatic nitrogens is 1. The normalized spacial score (nSPS) is 31.7. The smallest absolute Gasteiger partial charge is 0.0306 e. The first-order valence-corrected chi connectivity index (χ1v) is 4.58. The maximum Gasteiger partial charge on any atom is 0.0306 e. The molecule has 0 spiro atoms. The van der Waals surface area contributed by atoms with Crippen molar-refractivity contribution >= 4 is 0 Å². The van der Waals surface area contributed by atoms with Gasteiger partial charge in [-0.15, -0.1) is 0 Å². The maximum atomic E-state index is 4.19. The second-order valence-electron chi connectivity index (χ2n) is 3.80. The van der Waals surface area contributed by atoms with Crippen LogP contribution in [0.3, 0.4) is 0 Å². The van der Waals surface area contributed by atoms with Crippen molar-refractivity contribution in [1.82, 2.24) is 10.3 Å². The molecule has 1 fully saturated rings. The Hall–Kier alpha value is -0.890. The molecule has 0 aromatic carbocycles. The van der Waals surface area contributed by atoms with Gasteiger partial charge in [-0.3, -0.25) is 4.98 Å². The van der Waals surface area contributed by atoms with Crippen LogP contribution in [0, 0.1) is 5.92 Å². The topological polar surface area (TPSA) is 24.9 Å². The van der Waals surface area contributed by atoms with Gasteiger partial charge in [0.15, 0.2) is 0 Å². The molecular formula is C10H12N2. The highest BCUT2D eigenvalue weighted by Crippen LogP contribution is 2.39. The fourth-order valence-corrected chi connectivity index (χ4v) is 2.55. The summed E-state index contributed by atoms with van der Waals surface area (Å²) in [6.45, 7) is 2.35. The Balaban J connectivity index is 2.09. The first-order valence-electron chi connectivity index (χ1n) is 4.58. The Bertz CT molecular complexity index is 308. The molecule has 2 heteroatoms. The zero-order valence-electron chi connectivity index (χ0n) is 6.96. The summed E-state index contributed by atoms with van der Waals surface area (Å²) >= 11 is 0. The van der Waals surface area contributed by atoms with Gasteiger partial charge in [0.1, 0.15) is 0 Å². The quantitative estimate of drug-likeness (QED) is 0.611. The van der Waals surface area contributed by atoms with Crippen LogP contribution < -0.4 is 5.32 Å². The zero-order chi connectivity index (χ0) is 7.97. The van der Waals surface area contributed by atoms with E-state index in [-0.39, 0.29) is 0 Å². The van der Waals surface area contributed by atoms with Gasteiger partial charge in [-0.25, -0.2) is 0 Å². The highest BCUT2D eigenvalue weighted by atomic mass is 14.9. The van der Waals surface area contributed by atoms with Gasteiger partial charge in [0.2, 0.25) is 0 Å². The van der Waals surface area contributed by atoms with Crippen LogP contribution in [0.2, 0.25) is 0 Å². The molecule has 1 saturated heterocycles. The molecule has 62 valence electrons. The summed E-state index contributed by atoms with van der Waals surface area (Å²) in [4.78, 5) is 4.19. The lowest BCUT2D eigenvalue weighted by atomic mass is 9.97. The van der Waals surface area contributed by atoms with E-state index < -0.39 is 0 Å². The van der Waals surface area contributed by atoms with E-state index in [9.17, 15) is 0 Å². The van der Waals surface area contributed by atoms with Gasteiger partial charge in [-0.2, -0.15) is 0 Å². The average molecular weight is 160 g/mol. The first kappa shape index (κ1) is 6.61. The van der Waals surface area contributed by atoms with Crippen LogP contribution in [0.5, 0.6) is 0 Å². The van der Waals surface area contributed by atoms with Gasteiger partial charge >= 0.3 is 0 Å². The molecule has 1 aromatic rings. The van der Waals surface area contributed by atoms with Gasteiger partial charge in [-0.05, 0) is 36.1 Å². The monoisotopic (exact) mass is 160 g/mol. The molecule has 12 heavy (non-hydrogen) atoms. The molecular weight excluding hydrogens is 148 g/mol. The molecule has 3 rings (SSSR count). The molecule has 0 radical (unpaired) electrons. The third-order valence-corrected chi connectivity index (χ3v) is 3.17. The van der Waals surface area contributed by atoms with E-state index in [1.807, 2.05) is 12.4 Å². The Morgan fingerprint density at radius 2 is 2.42 bits per heavy atom. The second-order valence-corrected chi connectivity index (χ2v) is 3.80. The Morgan fingerprint density at radius 1 is 1.42 bits per heavy atom. The van der Waals surface area contributed by atoms with Crippen LogP contribution in [0.1, 0.15) is 17.0 Å². The van der Waals surface area contributed by atoms with E-state index in [1.54, 1.807) is 0 Å². The lowest BCUT2D eigenvalue weighted by molar-refractivity contribution is 0.564. The molecule has 2 heterocycles. The van der Waals surface area contributed by atoms with E-state index in [0.717, 1.165) is 18.4 Å². The summed E-state index contributed by atoms with van der Waals surface area (Å²) in [5.74, 6) is 1.61. The van der Waals surface area contributed by atoms with Crippen molar-refractivity contribution < 1.29 is 0 Å². The molecule has 0 unspecified atom stereocenters. The van der Waals surface area contributed by atoms with Gasteiger partial charge in [0.05, 0.1) is 0 Å². The zero-order valence-corrected chi connectivity index (χ0v) is 6.96. The average Bonchev–Trinajstić information content (AvgIpc) is 2.62. The van der Waals surface area contributed by atoms with Crippen LogP contribution in [-0.4, -0.2) is 18.1 Å². The highest BCUT2D eigenvalue weighted by molar-refractivity contribution is 5.35.